The van der Waals surface area contributed by atoms with Crippen LogP contribution < -0.4 is 4.80 Å². The van der Waals surface area contributed by atoms with Crippen molar-refractivity contribution >= 4 is 73.6 Å². The predicted molar refractivity (Wildman–Crippen MR) is 90.0 cm³/mol. The minimum Gasteiger partial charge on any atom is -0.319 e. The molecule has 0 atom stereocenters. The normalized spacial score (nSPS) is 12.3. The van der Waals surface area contributed by atoms with Gasteiger partial charge in [0.15, 0.2) is 4.80 Å². The van der Waals surface area contributed by atoms with Crippen molar-refractivity contribution in [2.24, 2.45) is 12.0 Å². The van der Waals surface area contributed by atoms with Crippen LogP contribution in [0.2, 0.25) is 13.7 Å². The molecule has 21 heavy (non-hydrogen) atoms. The average Bonchev–Trinajstić information content (AvgIpc) is 2.90. The summed E-state index contributed by atoms with van der Waals surface area (Å²) in [6.45, 7) is 0. The fourth-order valence-electron chi connectivity index (χ4n) is 1.85. The van der Waals surface area contributed by atoms with E-state index in [0.29, 0.717) is 24.1 Å². The number of benzene rings is 1. The summed E-state index contributed by atoms with van der Waals surface area (Å²) >= 11 is 20.3. The highest BCUT2D eigenvalue weighted by molar-refractivity contribution is 7.20. The van der Waals surface area contributed by atoms with E-state index >= 15 is 0 Å². The fraction of sp³-hybridized carbons (Fsp3) is 0.0769. The Morgan fingerprint density at radius 3 is 2.62 bits per heavy atom. The molecule has 0 spiro atoms. The van der Waals surface area contributed by atoms with Crippen molar-refractivity contribution in [3.05, 3.63) is 48.3 Å². The molecule has 3 rings (SSSR count). The molecular formula is C13H7Cl3N2OS2. The molecule has 0 aliphatic carbocycles. The Morgan fingerprint density at radius 1 is 1.19 bits per heavy atom. The molecule has 3 nitrogen and oxygen atoms in total. The molecule has 2 heterocycles. The lowest BCUT2D eigenvalue weighted by atomic mass is 10.3. The van der Waals surface area contributed by atoms with E-state index in [1.807, 2.05) is 23.7 Å². The number of fused-ring (bicyclic) bond motifs is 1. The second-order valence-corrected chi connectivity index (χ2v) is 7.94. The number of carbonyl (C=O) groups is 1. The topological polar surface area (TPSA) is 34.4 Å². The summed E-state index contributed by atoms with van der Waals surface area (Å²) in [5.41, 5.74) is 1.28. The van der Waals surface area contributed by atoms with E-state index in [0.717, 1.165) is 21.6 Å². The lowest BCUT2D eigenvalue weighted by molar-refractivity contribution is 0.0998. The maximum Gasteiger partial charge on any atom is 0.282 e. The Kier molecular flexibility index (Phi) is 4.12. The molecule has 3 aromatic rings. The van der Waals surface area contributed by atoms with Gasteiger partial charge in [-0.3, -0.25) is 4.79 Å². The van der Waals surface area contributed by atoms with Crippen molar-refractivity contribution < 1.29 is 4.79 Å². The van der Waals surface area contributed by atoms with E-state index in [-0.39, 0.29) is 0 Å². The third-order valence-corrected chi connectivity index (χ3v) is 5.67. The largest absolute Gasteiger partial charge is 0.319 e. The summed E-state index contributed by atoms with van der Waals surface area (Å²) in [5, 5.41) is 0.648. The Bertz CT molecular complexity index is 923. The standard InChI is InChI=1S/C13H7Cl3N2OS2/c1-18-8-3-2-6(14)4-9(8)20-13(18)17-12(19)7-5-10(15)21-11(7)16/h2-5H,1H3. The van der Waals surface area contributed by atoms with Crippen molar-refractivity contribution in [1.29, 1.82) is 0 Å². The van der Waals surface area contributed by atoms with Crippen LogP contribution in [0, 0.1) is 0 Å². The third kappa shape index (κ3) is 2.89. The lowest BCUT2D eigenvalue weighted by Crippen LogP contribution is -2.13. The van der Waals surface area contributed by atoms with Crippen LogP contribution in [0.3, 0.4) is 0 Å². The molecule has 0 N–H and O–H groups in total. The number of aromatic nitrogens is 1. The van der Waals surface area contributed by atoms with E-state index in [1.165, 1.54) is 17.4 Å². The Labute approximate surface area is 143 Å². The van der Waals surface area contributed by atoms with E-state index in [9.17, 15) is 4.79 Å². The van der Waals surface area contributed by atoms with Gasteiger partial charge in [0.1, 0.15) is 4.34 Å². The molecule has 0 aliphatic heterocycles. The molecule has 8 heteroatoms. The minimum absolute atomic E-state index is 0.321. The van der Waals surface area contributed by atoms with Crippen molar-refractivity contribution in [2.75, 3.05) is 0 Å². The molecular weight excluding hydrogens is 371 g/mol. The van der Waals surface area contributed by atoms with Crippen molar-refractivity contribution in [1.82, 2.24) is 4.57 Å². The molecule has 0 radical (unpaired) electrons. The van der Waals surface area contributed by atoms with Gasteiger partial charge >= 0.3 is 0 Å². The first-order valence-corrected chi connectivity index (χ1v) is 8.51. The van der Waals surface area contributed by atoms with Gasteiger partial charge in [-0.25, -0.2) is 0 Å². The molecule has 0 bridgehead atoms. The van der Waals surface area contributed by atoms with Gasteiger partial charge in [-0.1, -0.05) is 46.1 Å². The van der Waals surface area contributed by atoms with Gasteiger partial charge in [0, 0.05) is 12.1 Å². The van der Waals surface area contributed by atoms with E-state index in [2.05, 4.69) is 4.99 Å². The van der Waals surface area contributed by atoms with Crippen molar-refractivity contribution in [3.8, 4) is 0 Å². The summed E-state index contributed by atoms with van der Waals surface area (Å²) in [6, 6.07) is 7.08. The van der Waals surface area contributed by atoms with E-state index in [1.54, 1.807) is 6.07 Å². The predicted octanol–water partition coefficient (Wildman–Crippen LogP) is 5.00. The molecule has 1 amide bonds. The summed E-state index contributed by atoms with van der Waals surface area (Å²) in [5.74, 6) is -0.406. The second-order valence-electron chi connectivity index (χ2n) is 4.21. The highest BCUT2D eigenvalue weighted by atomic mass is 35.5. The van der Waals surface area contributed by atoms with Crippen LogP contribution in [-0.2, 0) is 7.05 Å². The molecule has 0 saturated carbocycles. The van der Waals surface area contributed by atoms with Crippen LogP contribution in [0.15, 0.2) is 29.3 Å². The van der Waals surface area contributed by atoms with Gasteiger partial charge < -0.3 is 4.57 Å². The van der Waals surface area contributed by atoms with Gasteiger partial charge in [-0.2, -0.15) is 4.99 Å². The number of amides is 1. The average molecular weight is 378 g/mol. The summed E-state index contributed by atoms with van der Waals surface area (Å²) < 4.78 is 3.62. The number of nitrogens with zero attached hydrogens (tertiary/aromatic N) is 2. The molecule has 0 aliphatic rings. The molecule has 2 aromatic heterocycles. The van der Waals surface area contributed by atoms with Crippen LogP contribution in [0.4, 0.5) is 0 Å². The zero-order valence-electron chi connectivity index (χ0n) is 10.6. The van der Waals surface area contributed by atoms with Crippen molar-refractivity contribution in [3.63, 3.8) is 0 Å². The number of aryl methyl sites for hydroxylation is 1. The number of carbonyl (C=O) groups excluding carboxylic acids is 1. The number of hydrogen-bond donors (Lipinski definition) is 0. The highest BCUT2D eigenvalue weighted by Gasteiger charge is 2.14. The van der Waals surface area contributed by atoms with Crippen LogP contribution in [0.1, 0.15) is 10.4 Å². The molecule has 0 fully saturated rings. The van der Waals surface area contributed by atoms with Gasteiger partial charge in [-0.05, 0) is 24.3 Å². The number of rotatable bonds is 1. The van der Waals surface area contributed by atoms with Crippen LogP contribution in [0.5, 0.6) is 0 Å². The molecule has 1 aromatic carbocycles. The zero-order chi connectivity index (χ0) is 15.1. The Morgan fingerprint density at radius 2 is 1.95 bits per heavy atom. The number of thiazole rings is 1. The van der Waals surface area contributed by atoms with E-state index < -0.39 is 5.91 Å². The van der Waals surface area contributed by atoms with Gasteiger partial charge in [0.25, 0.3) is 5.91 Å². The SMILES string of the molecule is Cn1c(=NC(=O)c2cc(Cl)sc2Cl)sc2cc(Cl)ccc21. The van der Waals surface area contributed by atoms with Gasteiger partial charge in [-0.15, -0.1) is 11.3 Å². The van der Waals surface area contributed by atoms with Crippen LogP contribution in [0.25, 0.3) is 10.2 Å². The first-order valence-electron chi connectivity index (χ1n) is 5.74. The summed E-state index contributed by atoms with van der Waals surface area (Å²) in [7, 11) is 1.85. The maximum atomic E-state index is 12.2. The molecule has 0 unspecified atom stereocenters. The van der Waals surface area contributed by atoms with Crippen molar-refractivity contribution in [2.45, 2.75) is 0 Å². The van der Waals surface area contributed by atoms with Crippen LogP contribution in [-0.4, -0.2) is 10.5 Å². The first-order chi connectivity index (χ1) is 9.95. The monoisotopic (exact) mass is 376 g/mol. The van der Waals surface area contributed by atoms with Crippen LogP contribution >= 0.6 is 57.5 Å². The molecule has 108 valence electrons. The number of hydrogen-bond acceptors (Lipinski definition) is 3. The second kappa shape index (κ2) is 5.74. The van der Waals surface area contributed by atoms with Gasteiger partial charge in [0.2, 0.25) is 0 Å². The first kappa shape index (κ1) is 15.1. The van der Waals surface area contributed by atoms with E-state index in [4.69, 9.17) is 34.8 Å². The molecule has 0 saturated heterocycles. The quantitative estimate of drug-likeness (QED) is 0.587. The smallest absolute Gasteiger partial charge is 0.282 e. The summed E-state index contributed by atoms with van der Waals surface area (Å²) in [4.78, 5) is 16.9. The number of thiophene rings is 1. The Hall–Kier alpha value is -0.850. The Balaban J connectivity index is 2.13. The maximum absolute atomic E-state index is 12.2. The number of halogens is 3. The van der Waals surface area contributed by atoms with Gasteiger partial charge in [0.05, 0.1) is 20.1 Å². The fourth-order valence-corrected chi connectivity index (χ4v) is 4.59. The summed E-state index contributed by atoms with van der Waals surface area (Å²) in [6.07, 6.45) is 0. The minimum atomic E-state index is -0.406. The third-order valence-electron chi connectivity index (χ3n) is 2.86. The highest BCUT2D eigenvalue weighted by Crippen LogP contribution is 2.31. The zero-order valence-corrected chi connectivity index (χ0v) is 14.5. The lowest BCUT2D eigenvalue weighted by Gasteiger charge is -1.95.